The molecule has 0 spiro atoms. The molecule has 118 valence electrons. The van der Waals surface area contributed by atoms with Gasteiger partial charge in [-0.2, -0.15) is 5.10 Å². The zero-order chi connectivity index (χ0) is 16.5. The van der Waals surface area contributed by atoms with E-state index >= 15 is 0 Å². The molecule has 0 aliphatic heterocycles. The maximum Gasteiger partial charge on any atom is 0.155 e. The van der Waals surface area contributed by atoms with E-state index < -0.39 is 0 Å². The Hall–Kier alpha value is -3.05. The van der Waals surface area contributed by atoms with E-state index in [2.05, 4.69) is 10.1 Å². The van der Waals surface area contributed by atoms with Crippen LogP contribution >= 0.6 is 0 Å². The first-order chi connectivity index (χ1) is 11.8. The molecular formula is C19H14FN3O. The predicted molar refractivity (Wildman–Crippen MR) is 89.7 cm³/mol. The molecule has 2 aromatic heterocycles. The van der Waals surface area contributed by atoms with Crippen LogP contribution in [0.1, 0.15) is 5.56 Å². The molecule has 0 atom stereocenters. The largest absolute Gasteiger partial charge is 0.392 e. The fourth-order valence-electron chi connectivity index (χ4n) is 2.75. The Kier molecular flexibility index (Phi) is 3.55. The summed E-state index contributed by atoms with van der Waals surface area (Å²) < 4.78 is 16.1. The molecule has 0 radical (unpaired) electrons. The topological polar surface area (TPSA) is 50.4 Å². The number of benzene rings is 2. The highest BCUT2D eigenvalue weighted by molar-refractivity contribution is 5.73. The van der Waals surface area contributed by atoms with Gasteiger partial charge in [0.15, 0.2) is 5.65 Å². The molecule has 4 aromatic rings. The number of nitrogens with zero attached hydrogens (tertiary/aromatic N) is 3. The molecule has 0 fully saturated rings. The van der Waals surface area contributed by atoms with Crippen LogP contribution in [0.2, 0.25) is 0 Å². The summed E-state index contributed by atoms with van der Waals surface area (Å²) in [4.78, 5) is 4.25. The van der Waals surface area contributed by atoms with Crippen molar-refractivity contribution in [1.29, 1.82) is 0 Å². The van der Waals surface area contributed by atoms with Crippen LogP contribution in [0, 0.1) is 5.82 Å². The molecule has 0 aliphatic carbocycles. The van der Waals surface area contributed by atoms with Gasteiger partial charge in [-0.25, -0.2) is 13.9 Å². The Morgan fingerprint density at radius 1 is 0.917 bits per heavy atom. The van der Waals surface area contributed by atoms with Crippen LogP contribution in [0.4, 0.5) is 4.39 Å². The van der Waals surface area contributed by atoms with E-state index in [9.17, 15) is 4.39 Å². The van der Waals surface area contributed by atoms with Crippen LogP contribution in [-0.4, -0.2) is 19.7 Å². The maximum atomic E-state index is 14.3. The Labute approximate surface area is 137 Å². The van der Waals surface area contributed by atoms with Crippen molar-refractivity contribution in [2.45, 2.75) is 6.61 Å². The second-order valence-corrected chi connectivity index (χ2v) is 5.48. The minimum absolute atomic E-state index is 0.0307. The molecule has 2 heterocycles. The number of fused-ring (bicyclic) bond motifs is 1. The summed E-state index contributed by atoms with van der Waals surface area (Å²) in [7, 11) is 0. The highest BCUT2D eigenvalue weighted by Gasteiger charge is 2.10. The maximum absolute atomic E-state index is 14.3. The zero-order valence-electron chi connectivity index (χ0n) is 12.7. The van der Waals surface area contributed by atoms with Crippen molar-refractivity contribution in [3.8, 4) is 22.4 Å². The molecule has 1 N–H and O–H groups in total. The number of aromatic nitrogens is 3. The summed E-state index contributed by atoms with van der Waals surface area (Å²) in [6.07, 6.45) is 3.40. The van der Waals surface area contributed by atoms with Crippen molar-refractivity contribution in [3.63, 3.8) is 0 Å². The normalized spacial score (nSPS) is 11.1. The standard InChI is InChI=1S/C19H14FN3O/c20-17-6-5-15(18-7-9-21-19-8-10-22-23(18)19)11-16(17)14-3-1-13(12-24)2-4-14/h1-11,24H,12H2. The van der Waals surface area contributed by atoms with Gasteiger partial charge in [-0.15, -0.1) is 0 Å². The SMILES string of the molecule is OCc1ccc(-c2cc(-c3ccnc4ccnn34)ccc2F)cc1. The average molecular weight is 319 g/mol. The van der Waals surface area contributed by atoms with Gasteiger partial charge in [-0.1, -0.05) is 24.3 Å². The number of aliphatic hydroxyl groups is 1. The molecule has 0 saturated heterocycles. The van der Waals surface area contributed by atoms with Crippen LogP contribution in [-0.2, 0) is 6.61 Å². The van der Waals surface area contributed by atoms with Crippen molar-refractivity contribution in [2.75, 3.05) is 0 Å². The lowest BCUT2D eigenvalue weighted by Crippen LogP contribution is -1.96. The van der Waals surface area contributed by atoms with Crippen molar-refractivity contribution in [1.82, 2.24) is 14.6 Å². The minimum Gasteiger partial charge on any atom is -0.392 e. The van der Waals surface area contributed by atoms with Crippen molar-refractivity contribution in [2.24, 2.45) is 0 Å². The van der Waals surface area contributed by atoms with Gasteiger partial charge in [0.05, 0.1) is 18.5 Å². The smallest absolute Gasteiger partial charge is 0.155 e. The van der Waals surface area contributed by atoms with E-state index in [0.717, 1.165) is 28.0 Å². The Morgan fingerprint density at radius 3 is 2.50 bits per heavy atom. The Bertz CT molecular complexity index is 1010. The van der Waals surface area contributed by atoms with Crippen LogP contribution in [0.3, 0.4) is 0 Å². The van der Waals surface area contributed by atoms with Gasteiger partial charge in [0.2, 0.25) is 0 Å². The first kappa shape index (κ1) is 14.5. The van der Waals surface area contributed by atoms with Gasteiger partial charge in [0, 0.05) is 23.4 Å². The lowest BCUT2D eigenvalue weighted by Gasteiger charge is -2.09. The van der Waals surface area contributed by atoms with E-state index in [0.29, 0.717) is 5.56 Å². The third-order valence-corrected chi connectivity index (χ3v) is 4.00. The van der Waals surface area contributed by atoms with Crippen LogP contribution in [0.25, 0.3) is 28.0 Å². The van der Waals surface area contributed by atoms with E-state index in [4.69, 9.17) is 5.11 Å². The third-order valence-electron chi connectivity index (χ3n) is 4.00. The molecular weight excluding hydrogens is 305 g/mol. The Balaban J connectivity index is 1.85. The van der Waals surface area contributed by atoms with Gasteiger partial charge in [0.1, 0.15) is 5.82 Å². The first-order valence-corrected chi connectivity index (χ1v) is 7.55. The van der Waals surface area contributed by atoms with Crippen LogP contribution in [0.15, 0.2) is 67.0 Å². The lowest BCUT2D eigenvalue weighted by molar-refractivity contribution is 0.282. The van der Waals surface area contributed by atoms with E-state index in [1.807, 2.05) is 24.3 Å². The first-order valence-electron chi connectivity index (χ1n) is 7.55. The van der Waals surface area contributed by atoms with Crippen molar-refractivity contribution >= 4 is 5.65 Å². The van der Waals surface area contributed by atoms with Crippen LogP contribution < -0.4 is 0 Å². The fourth-order valence-corrected chi connectivity index (χ4v) is 2.75. The van der Waals surface area contributed by atoms with Crippen molar-refractivity contribution in [3.05, 3.63) is 78.4 Å². The number of aliphatic hydroxyl groups excluding tert-OH is 1. The van der Waals surface area contributed by atoms with Gasteiger partial charge in [-0.3, -0.25) is 0 Å². The average Bonchev–Trinajstić information content (AvgIpc) is 3.11. The van der Waals surface area contributed by atoms with E-state index in [-0.39, 0.29) is 12.4 Å². The minimum atomic E-state index is -0.290. The monoisotopic (exact) mass is 319 g/mol. The summed E-state index contributed by atoms with van der Waals surface area (Å²) in [5.74, 6) is -0.290. The number of rotatable bonds is 3. The Morgan fingerprint density at radius 2 is 1.71 bits per heavy atom. The van der Waals surface area contributed by atoms with Gasteiger partial charge >= 0.3 is 0 Å². The lowest BCUT2D eigenvalue weighted by atomic mass is 10.00. The molecule has 4 nitrogen and oxygen atoms in total. The second kappa shape index (κ2) is 5.86. The summed E-state index contributed by atoms with van der Waals surface area (Å²) in [6, 6.07) is 15.9. The molecule has 0 unspecified atom stereocenters. The quantitative estimate of drug-likeness (QED) is 0.626. The molecule has 5 heteroatoms. The predicted octanol–water partition coefficient (Wildman–Crippen LogP) is 3.69. The molecule has 2 aromatic carbocycles. The fraction of sp³-hybridized carbons (Fsp3) is 0.0526. The number of halogens is 1. The van der Waals surface area contributed by atoms with E-state index in [1.54, 1.807) is 41.2 Å². The third kappa shape index (κ3) is 2.45. The second-order valence-electron chi connectivity index (χ2n) is 5.48. The highest BCUT2D eigenvalue weighted by Crippen LogP contribution is 2.29. The molecule has 0 aliphatic rings. The summed E-state index contributed by atoms with van der Waals surface area (Å²) >= 11 is 0. The zero-order valence-corrected chi connectivity index (χ0v) is 12.7. The van der Waals surface area contributed by atoms with Crippen LogP contribution in [0.5, 0.6) is 0 Å². The van der Waals surface area contributed by atoms with Crippen molar-refractivity contribution < 1.29 is 9.50 Å². The molecule has 0 bridgehead atoms. The molecule has 0 amide bonds. The number of hydrogen-bond donors (Lipinski definition) is 1. The van der Waals surface area contributed by atoms with Gasteiger partial charge in [-0.05, 0) is 35.4 Å². The molecule has 0 saturated carbocycles. The molecule has 4 rings (SSSR count). The summed E-state index contributed by atoms with van der Waals surface area (Å²) in [5, 5.41) is 13.4. The van der Waals surface area contributed by atoms with Gasteiger partial charge < -0.3 is 5.11 Å². The summed E-state index contributed by atoms with van der Waals surface area (Å²) in [5.41, 5.74) is 4.51. The molecule has 24 heavy (non-hydrogen) atoms. The van der Waals surface area contributed by atoms with Gasteiger partial charge in [0.25, 0.3) is 0 Å². The van der Waals surface area contributed by atoms with E-state index in [1.165, 1.54) is 6.07 Å². The number of hydrogen-bond acceptors (Lipinski definition) is 3. The summed E-state index contributed by atoms with van der Waals surface area (Å²) in [6.45, 7) is -0.0307. The highest BCUT2D eigenvalue weighted by atomic mass is 19.1.